The molecule has 114 valence electrons. The van der Waals surface area contributed by atoms with Crippen molar-refractivity contribution in [3.8, 4) is 0 Å². The van der Waals surface area contributed by atoms with E-state index < -0.39 is 10.0 Å². The van der Waals surface area contributed by atoms with Crippen LogP contribution in [-0.2, 0) is 15.8 Å². The van der Waals surface area contributed by atoms with Gasteiger partial charge in [-0.1, -0.05) is 11.6 Å². The monoisotopic (exact) mass is 301 g/mol. The number of hydrogen-bond donors (Lipinski definition) is 1. The van der Waals surface area contributed by atoms with Crippen LogP contribution < -0.4 is 5.32 Å². The highest BCUT2D eigenvalue weighted by Gasteiger charge is 2.32. The van der Waals surface area contributed by atoms with Gasteiger partial charge in [-0.05, 0) is 39.8 Å². The molecule has 1 aromatic rings. The van der Waals surface area contributed by atoms with Crippen molar-refractivity contribution in [2.24, 2.45) is 0 Å². The number of sulfonamides is 1. The van der Waals surface area contributed by atoms with Gasteiger partial charge in [-0.25, -0.2) is 8.42 Å². The standard InChI is InChI=1S/C13H23N3O3S/c1-11-9-12(15-19-11)10-20(17,18)16-8-4-3-5-13(16)6-7-14-2/h9,13-14H,3-8,10H2,1-2H3. The van der Waals surface area contributed by atoms with Crippen molar-refractivity contribution in [1.29, 1.82) is 0 Å². The first-order chi connectivity index (χ1) is 9.53. The smallest absolute Gasteiger partial charge is 0.220 e. The lowest BCUT2D eigenvalue weighted by molar-refractivity contribution is 0.240. The number of aromatic nitrogens is 1. The van der Waals surface area contributed by atoms with Crippen LogP contribution in [0.2, 0.25) is 0 Å². The van der Waals surface area contributed by atoms with E-state index in [-0.39, 0.29) is 11.8 Å². The Bertz CT molecular complexity index is 527. The van der Waals surface area contributed by atoms with Gasteiger partial charge in [0.05, 0.1) is 0 Å². The summed E-state index contributed by atoms with van der Waals surface area (Å²) in [6, 6.07) is 1.79. The summed E-state index contributed by atoms with van der Waals surface area (Å²) < 4.78 is 31.7. The fourth-order valence-corrected chi connectivity index (χ4v) is 4.44. The summed E-state index contributed by atoms with van der Waals surface area (Å²) in [6.07, 6.45) is 3.84. The van der Waals surface area contributed by atoms with Crippen molar-refractivity contribution >= 4 is 10.0 Å². The molecule has 0 spiro atoms. The van der Waals surface area contributed by atoms with Crippen molar-refractivity contribution in [1.82, 2.24) is 14.8 Å². The Morgan fingerprint density at radius 2 is 2.30 bits per heavy atom. The molecule has 1 N–H and O–H groups in total. The fraction of sp³-hybridized carbons (Fsp3) is 0.769. The van der Waals surface area contributed by atoms with Crippen LogP contribution in [0.4, 0.5) is 0 Å². The quantitative estimate of drug-likeness (QED) is 0.856. The third-order valence-electron chi connectivity index (χ3n) is 3.67. The van der Waals surface area contributed by atoms with Gasteiger partial charge in [-0.15, -0.1) is 0 Å². The minimum Gasteiger partial charge on any atom is -0.361 e. The molecule has 1 saturated heterocycles. The zero-order valence-corrected chi connectivity index (χ0v) is 12.9. The second-order valence-electron chi connectivity index (χ2n) is 5.34. The Hall–Kier alpha value is -0.920. The zero-order chi connectivity index (χ0) is 14.6. The summed E-state index contributed by atoms with van der Waals surface area (Å²) in [5, 5.41) is 6.88. The number of rotatable bonds is 6. The van der Waals surface area contributed by atoms with E-state index in [1.807, 2.05) is 7.05 Å². The van der Waals surface area contributed by atoms with E-state index in [0.717, 1.165) is 32.2 Å². The molecule has 0 bridgehead atoms. The largest absolute Gasteiger partial charge is 0.361 e. The molecule has 1 fully saturated rings. The van der Waals surface area contributed by atoms with Crippen molar-refractivity contribution in [2.75, 3.05) is 20.1 Å². The highest BCUT2D eigenvalue weighted by atomic mass is 32.2. The maximum absolute atomic E-state index is 12.6. The molecule has 2 rings (SSSR count). The Kier molecular flexibility index (Phi) is 5.17. The number of piperidine rings is 1. The molecule has 1 atom stereocenters. The number of nitrogens with zero attached hydrogens (tertiary/aromatic N) is 2. The van der Waals surface area contributed by atoms with Gasteiger partial charge >= 0.3 is 0 Å². The maximum atomic E-state index is 12.6. The van der Waals surface area contributed by atoms with Crippen LogP contribution in [0.25, 0.3) is 0 Å². The van der Waals surface area contributed by atoms with E-state index in [1.165, 1.54) is 0 Å². The lowest BCUT2D eigenvalue weighted by Gasteiger charge is -2.34. The molecule has 1 aromatic heterocycles. The van der Waals surface area contributed by atoms with Crippen molar-refractivity contribution in [3.05, 3.63) is 17.5 Å². The lowest BCUT2D eigenvalue weighted by atomic mass is 10.0. The minimum absolute atomic E-state index is 0.0691. The highest BCUT2D eigenvalue weighted by Crippen LogP contribution is 2.24. The highest BCUT2D eigenvalue weighted by molar-refractivity contribution is 7.88. The van der Waals surface area contributed by atoms with Crippen LogP contribution in [0, 0.1) is 6.92 Å². The van der Waals surface area contributed by atoms with E-state index in [4.69, 9.17) is 4.52 Å². The summed E-state index contributed by atoms with van der Waals surface area (Å²) >= 11 is 0. The summed E-state index contributed by atoms with van der Waals surface area (Å²) in [5.41, 5.74) is 0.487. The lowest BCUT2D eigenvalue weighted by Crippen LogP contribution is -2.45. The molecule has 0 radical (unpaired) electrons. The molecule has 0 aliphatic carbocycles. The molecule has 0 aromatic carbocycles. The van der Waals surface area contributed by atoms with Gasteiger partial charge in [0.1, 0.15) is 17.2 Å². The number of nitrogens with one attached hydrogen (secondary N) is 1. The van der Waals surface area contributed by atoms with E-state index in [2.05, 4.69) is 10.5 Å². The molecule has 1 unspecified atom stereocenters. The summed E-state index contributed by atoms with van der Waals surface area (Å²) in [5.74, 6) is 0.570. The summed E-state index contributed by atoms with van der Waals surface area (Å²) in [7, 11) is -1.43. The molecule has 2 heterocycles. The first-order valence-corrected chi connectivity index (χ1v) is 8.70. The first kappa shape index (κ1) is 15.5. The molecular weight excluding hydrogens is 278 g/mol. The minimum atomic E-state index is -3.32. The topological polar surface area (TPSA) is 75.4 Å². The summed E-state index contributed by atoms with van der Waals surface area (Å²) in [4.78, 5) is 0. The fourth-order valence-electron chi connectivity index (χ4n) is 2.70. The van der Waals surface area contributed by atoms with Gasteiger partial charge in [0.15, 0.2) is 0 Å². The van der Waals surface area contributed by atoms with Crippen molar-refractivity contribution in [2.45, 2.75) is 44.4 Å². The SMILES string of the molecule is CNCCC1CCCCN1S(=O)(=O)Cc1cc(C)on1. The Labute approximate surface area is 120 Å². The molecular formula is C13H23N3O3S. The van der Waals surface area contributed by atoms with E-state index in [1.54, 1.807) is 17.3 Å². The van der Waals surface area contributed by atoms with Gasteiger partial charge < -0.3 is 9.84 Å². The second kappa shape index (κ2) is 6.69. The van der Waals surface area contributed by atoms with Gasteiger partial charge in [0.2, 0.25) is 10.0 Å². The molecule has 1 aliphatic rings. The van der Waals surface area contributed by atoms with Crippen molar-refractivity contribution < 1.29 is 12.9 Å². The van der Waals surface area contributed by atoms with Crippen LogP contribution in [0.1, 0.15) is 37.1 Å². The predicted octanol–water partition coefficient (Wildman–Crippen LogP) is 1.28. The van der Waals surface area contributed by atoms with Crippen LogP contribution in [0.15, 0.2) is 10.6 Å². The van der Waals surface area contributed by atoms with Gasteiger partial charge in [-0.2, -0.15) is 4.31 Å². The van der Waals surface area contributed by atoms with E-state index >= 15 is 0 Å². The van der Waals surface area contributed by atoms with Crippen LogP contribution in [-0.4, -0.2) is 44.1 Å². The molecule has 20 heavy (non-hydrogen) atoms. The molecule has 7 heteroatoms. The number of aryl methyl sites for hydroxylation is 1. The number of hydrogen-bond acceptors (Lipinski definition) is 5. The zero-order valence-electron chi connectivity index (χ0n) is 12.1. The van der Waals surface area contributed by atoms with E-state index in [0.29, 0.717) is 18.0 Å². The first-order valence-electron chi connectivity index (χ1n) is 7.09. The van der Waals surface area contributed by atoms with Gasteiger partial charge in [-0.3, -0.25) is 0 Å². The van der Waals surface area contributed by atoms with Gasteiger partial charge in [0.25, 0.3) is 0 Å². The molecule has 1 aliphatic heterocycles. The molecule has 0 saturated carbocycles. The molecule has 6 nitrogen and oxygen atoms in total. The third-order valence-corrected chi connectivity index (χ3v) is 5.52. The molecule has 0 amide bonds. The average Bonchev–Trinajstić information content (AvgIpc) is 2.81. The normalized spacial score (nSPS) is 21.2. The van der Waals surface area contributed by atoms with E-state index in [9.17, 15) is 8.42 Å². The summed E-state index contributed by atoms with van der Waals surface area (Å²) in [6.45, 7) is 3.22. The van der Waals surface area contributed by atoms with Crippen LogP contribution in [0.5, 0.6) is 0 Å². The third kappa shape index (κ3) is 3.80. The van der Waals surface area contributed by atoms with Crippen LogP contribution >= 0.6 is 0 Å². The van der Waals surface area contributed by atoms with Crippen LogP contribution in [0.3, 0.4) is 0 Å². The maximum Gasteiger partial charge on any atom is 0.220 e. The predicted molar refractivity (Wildman–Crippen MR) is 76.8 cm³/mol. The Morgan fingerprint density at radius 3 is 2.95 bits per heavy atom. The van der Waals surface area contributed by atoms with Gasteiger partial charge in [0, 0.05) is 18.7 Å². The van der Waals surface area contributed by atoms with Crippen molar-refractivity contribution in [3.63, 3.8) is 0 Å². The average molecular weight is 301 g/mol. The second-order valence-corrected chi connectivity index (χ2v) is 7.26. The Balaban J connectivity index is 2.08. The Morgan fingerprint density at radius 1 is 1.50 bits per heavy atom.